The van der Waals surface area contributed by atoms with Crippen molar-refractivity contribution in [3.05, 3.63) is 28.7 Å². The van der Waals surface area contributed by atoms with Crippen LogP contribution in [0.15, 0.2) is 28.7 Å². The molecule has 20 heavy (non-hydrogen) atoms. The fraction of sp³-hybridized carbons (Fsp3) is 0.429. The van der Waals surface area contributed by atoms with Gasteiger partial charge in [-0.2, -0.15) is 0 Å². The van der Waals surface area contributed by atoms with Crippen molar-refractivity contribution in [3.63, 3.8) is 0 Å². The third-order valence-corrected chi connectivity index (χ3v) is 3.40. The number of amides is 1. The van der Waals surface area contributed by atoms with Gasteiger partial charge in [-0.1, -0.05) is 26.0 Å². The molecule has 0 aliphatic heterocycles. The molecule has 1 aromatic rings. The number of nitrogens with one attached hydrogen (secondary N) is 1. The Balaban J connectivity index is 2.68. The molecule has 6 heteroatoms. The maximum absolute atomic E-state index is 12.0. The Morgan fingerprint density at radius 1 is 1.25 bits per heavy atom. The Morgan fingerprint density at radius 3 is 2.35 bits per heavy atom. The van der Waals surface area contributed by atoms with Gasteiger partial charge in [0.2, 0.25) is 0 Å². The van der Waals surface area contributed by atoms with Crippen LogP contribution in [0.5, 0.6) is 5.75 Å². The number of halogens is 1. The smallest absolute Gasteiger partial charge is 0.326 e. The molecule has 2 atom stereocenters. The van der Waals surface area contributed by atoms with Gasteiger partial charge in [0.05, 0.1) is 4.47 Å². The molecule has 0 fully saturated rings. The van der Waals surface area contributed by atoms with E-state index in [1.807, 2.05) is 6.07 Å². The quantitative estimate of drug-likeness (QED) is 0.831. The first kappa shape index (κ1) is 16.5. The van der Waals surface area contributed by atoms with E-state index >= 15 is 0 Å². The van der Waals surface area contributed by atoms with Crippen molar-refractivity contribution in [2.24, 2.45) is 5.92 Å². The third kappa shape index (κ3) is 4.52. The number of hydrogen-bond donors (Lipinski definition) is 2. The summed E-state index contributed by atoms with van der Waals surface area (Å²) in [6.07, 6.45) is -0.783. The third-order valence-electron chi connectivity index (χ3n) is 2.74. The minimum atomic E-state index is -1.05. The van der Waals surface area contributed by atoms with Crippen molar-refractivity contribution in [2.45, 2.75) is 32.9 Å². The first-order valence-corrected chi connectivity index (χ1v) is 7.06. The topological polar surface area (TPSA) is 75.6 Å². The lowest BCUT2D eigenvalue weighted by atomic mass is 10.0. The van der Waals surface area contributed by atoms with Gasteiger partial charge >= 0.3 is 5.97 Å². The van der Waals surface area contributed by atoms with E-state index in [0.29, 0.717) is 5.75 Å². The predicted molar refractivity (Wildman–Crippen MR) is 78.6 cm³/mol. The second-order valence-corrected chi connectivity index (χ2v) is 5.61. The lowest BCUT2D eigenvalue weighted by molar-refractivity contribution is -0.144. The molecule has 0 radical (unpaired) electrons. The molecule has 1 amide bonds. The van der Waals surface area contributed by atoms with Crippen molar-refractivity contribution in [1.82, 2.24) is 5.32 Å². The summed E-state index contributed by atoms with van der Waals surface area (Å²) < 4.78 is 6.25. The van der Waals surface area contributed by atoms with E-state index in [9.17, 15) is 9.59 Å². The zero-order chi connectivity index (χ0) is 15.3. The van der Waals surface area contributed by atoms with Crippen LogP contribution in [-0.4, -0.2) is 29.1 Å². The Hall–Kier alpha value is -1.56. The van der Waals surface area contributed by atoms with Gasteiger partial charge in [0, 0.05) is 0 Å². The van der Waals surface area contributed by atoms with Gasteiger partial charge in [-0.05, 0) is 40.9 Å². The van der Waals surface area contributed by atoms with Crippen LogP contribution in [0.4, 0.5) is 0 Å². The summed E-state index contributed by atoms with van der Waals surface area (Å²) in [5, 5.41) is 11.5. The lowest BCUT2D eigenvalue weighted by Gasteiger charge is -2.21. The van der Waals surface area contributed by atoms with Crippen molar-refractivity contribution in [3.8, 4) is 5.75 Å². The first-order chi connectivity index (χ1) is 9.32. The van der Waals surface area contributed by atoms with Crippen LogP contribution in [-0.2, 0) is 9.59 Å². The molecule has 0 saturated heterocycles. The van der Waals surface area contributed by atoms with Gasteiger partial charge in [0.25, 0.3) is 5.91 Å². The summed E-state index contributed by atoms with van der Waals surface area (Å²) in [6.45, 7) is 5.05. The molecule has 0 aliphatic rings. The number of aliphatic carboxylic acids is 1. The fourth-order valence-electron chi connectivity index (χ4n) is 1.57. The number of para-hydroxylation sites is 1. The Kier molecular flexibility index (Phi) is 6.01. The number of carbonyl (C=O) groups is 2. The van der Waals surface area contributed by atoms with E-state index in [4.69, 9.17) is 9.84 Å². The van der Waals surface area contributed by atoms with Crippen LogP contribution in [0.25, 0.3) is 0 Å². The predicted octanol–water partition coefficient (Wildman–Crippen LogP) is 2.44. The molecule has 1 rings (SSSR count). The molecule has 0 bridgehead atoms. The standard InChI is InChI=1S/C14H18BrNO4/c1-8(2)12(14(18)19)16-13(17)9(3)20-11-7-5-4-6-10(11)15/h4-9,12H,1-3H3,(H,16,17)(H,18,19)/t9?,12-/m0/s1. The van der Waals surface area contributed by atoms with Crippen LogP contribution < -0.4 is 10.1 Å². The summed E-state index contributed by atoms with van der Waals surface area (Å²) >= 11 is 3.32. The van der Waals surface area contributed by atoms with Gasteiger partial charge in [-0.25, -0.2) is 4.79 Å². The van der Waals surface area contributed by atoms with Gasteiger partial charge in [-0.15, -0.1) is 0 Å². The lowest BCUT2D eigenvalue weighted by Crippen LogP contribution is -2.48. The minimum Gasteiger partial charge on any atom is -0.480 e. The molecule has 0 heterocycles. The average Bonchev–Trinajstić information content (AvgIpc) is 2.37. The van der Waals surface area contributed by atoms with Gasteiger partial charge in [0.15, 0.2) is 6.10 Å². The molecule has 0 aliphatic carbocycles. The van der Waals surface area contributed by atoms with Crippen LogP contribution >= 0.6 is 15.9 Å². The maximum Gasteiger partial charge on any atom is 0.326 e. The van der Waals surface area contributed by atoms with Crippen molar-refractivity contribution in [1.29, 1.82) is 0 Å². The molecular weight excluding hydrogens is 326 g/mol. The zero-order valence-corrected chi connectivity index (χ0v) is 13.2. The van der Waals surface area contributed by atoms with Crippen molar-refractivity contribution < 1.29 is 19.4 Å². The molecule has 0 aromatic heterocycles. The number of ether oxygens (including phenoxy) is 1. The van der Waals surface area contributed by atoms with E-state index in [-0.39, 0.29) is 5.92 Å². The molecule has 0 spiro atoms. The molecule has 110 valence electrons. The summed E-state index contributed by atoms with van der Waals surface area (Å²) in [7, 11) is 0. The van der Waals surface area contributed by atoms with Gasteiger partial charge < -0.3 is 15.2 Å². The Morgan fingerprint density at radius 2 is 1.85 bits per heavy atom. The number of rotatable bonds is 6. The highest BCUT2D eigenvalue weighted by atomic mass is 79.9. The minimum absolute atomic E-state index is 0.202. The number of carboxylic acids is 1. The molecular formula is C14H18BrNO4. The Labute approximate surface area is 126 Å². The largest absolute Gasteiger partial charge is 0.480 e. The van der Waals surface area contributed by atoms with E-state index in [1.165, 1.54) is 0 Å². The number of hydrogen-bond acceptors (Lipinski definition) is 3. The van der Waals surface area contributed by atoms with Crippen molar-refractivity contribution >= 4 is 27.8 Å². The summed E-state index contributed by atoms with van der Waals surface area (Å²) in [4.78, 5) is 23.0. The van der Waals surface area contributed by atoms with E-state index in [2.05, 4.69) is 21.2 Å². The number of carboxylic acid groups (broad SMARTS) is 1. The van der Waals surface area contributed by atoms with Crippen LogP contribution in [0.3, 0.4) is 0 Å². The first-order valence-electron chi connectivity index (χ1n) is 6.27. The molecule has 5 nitrogen and oxygen atoms in total. The van der Waals surface area contributed by atoms with Crippen molar-refractivity contribution in [2.75, 3.05) is 0 Å². The van der Waals surface area contributed by atoms with E-state index in [0.717, 1.165) is 4.47 Å². The molecule has 0 saturated carbocycles. The highest BCUT2D eigenvalue weighted by Crippen LogP contribution is 2.24. The van der Waals surface area contributed by atoms with Gasteiger partial charge in [-0.3, -0.25) is 4.79 Å². The Bertz CT molecular complexity index is 490. The molecule has 2 N–H and O–H groups in total. The monoisotopic (exact) mass is 343 g/mol. The maximum atomic E-state index is 12.0. The highest BCUT2D eigenvalue weighted by molar-refractivity contribution is 9.10. The second kappa shape index (κ2) is 7.28. The zero-order valence-electron chi connectivity index (χ0n) is 11.6. The summed E-state index contributed by atoms with van der Waals surface area (Å²) in [6, 6.07) is 6.23. The normalized spacial score (nSPS) is 13.7. The van der Waals surface area contributed by atoms with Crippen LogP contribution in [0.2, 0.25) is 0 Å². The summed E-state index contributed by atoms with van der Waals surface area (Å²) in [5.41, 5.74) is 0. The average molecular weight is 344 g/mol. The molecule has 1 unspecified atom stereocenters. The number of carbonyl (C=O) groups excluding carboxylic acids is 1. The second-order valence-electron chi connectivity index (χ2n) is 4.76. The number of benzene rings is 1. The van der Waals surface area contributed by atoms with Gasteiger partial charge in [0.1, 0.15) is 11.8 Å². The SMILES string of the molecule is CC(Oc1ccccc1Br)C(=O)N[C@H](C(=O)O)C(C)C. The van der Waals surface area contributed by atoms with E-state index in [1.54, 1.807) is 39.0 Å². The molecule has 1 aromatic carbocycles. The van der Waals surface area contributed by atoms with Crippen LogP contribution in [0.1, 0.15) is 20.8 Å². The fourth-order valence-corrected chi connectivity index (χ4v) is 1.95. The van der Waals surface area contributed by atoms with Crippen LogP contribution in [0, 0.1) is 5.92 Å². The summed E-state index contributed by atoms with van der Waals surface area (Å²) in [5.74, 6) is -1.18. The highest BCUT2D eigenvalue weighted by Gasteiger charge is 2.26. The van der Waals surface area contributed by atoms with E-state index < -0.39 is 24.0 Å².